The van der Waals surface area contributed by atoms with Gasteiger partial charge < -0.3 is 4.90 Å². The molecule has 4 nitrogen and oxygen atoms in total. The Hall–Kier alpha value is -1.54. The Bertz CT molecular complexity index is 844. The van der Waals surface area contributed by atoms with Crippen molar-refractivity contribution in [1.82, 2.24) is 9.21 Å². The zero-order valence-electron chi connectivity index (χ0n) is 13.9. The van der Waals surface area contributed by atoms with E-state index < -0.39 is 26.6 Å². The molecule has 8 heteroatoms. The maximum absolute atomic E-state index is 14.3. The van der Waals surface area contributed by atoms with Gasteiger partial charge in [0.25, 0.3) is 0 Å². The van der Waals surface area contributed by atoms with Crippen LogP contribution in [-0.4, -0.2) is 44.8 Å². The van der Waals surface area contributed by atoms with Crippen molar-refractivity contribution in [2.75, 3.05) is 27.2 Å². The van der Waals surface area contributed by atoms with E-state index in [9.17, 15) is 17.2 Å². The van der Waals surface area contributed by atoms with Gasteiger partial charge in [-0.3, -0.25) is 0 Å². The van der Waals surface area contributed by atoms with E-state index in [1.165, 1.54) is 30.3 Å². The van der Waals surface area contributed by atoms with E-state index in [1.807, 2.05) is 0 Å². The minimum Gasteiger partial charge on any atom is -0.308 e. The molecule has 0 N–H and O–H groups in total. The Morgan fingerprint density at radius 3 is 2.32 bits per heavy atom. The number of rotatable bonds is 7. The fourth-order valence-electron chi connectivity index (χ4n) is 2.23. The van der Waals surface area contributed by atoms with Crippen LogP contribution in [0.25, 0.3) is 0 Å². The van der Waals surface area contributed by atoms with Crippen LogP contribution in [0.5, 0.6) is 0 Å². The highest BCUT2D eigenvalue weighted by Gasteiger charge is 2.29. The molecule has 0 atom stereocenters. The van der Waals surface area contributed by atoms with Crippen LogP contribution >= 0.6 is 11.6 Å². The van der Waals surface area contributed by atoms with Crippen molar-refractivity contribution >= 4 is 21.6 Å². The van der Waals surface area contributed by atoms with Gasteiger partial charge in [-0.25, -0.2) is 17.2 Å². The van der Waals surface area contributed by atoms with Crippen molar-refractivity contribution in [1.29, 1.82) is 0 Å². The second-order valence-electron chi connectivity index (χ2n) is 5.79. The predicted molar refractivity (Wildman–Crippen MR) is 94.0 cm³/mol. The van der Waals surface area contributed by atoms with Crippen molar-refractivity contribution in [2.45, 2.75) is 11.4 Å². The zero-order chi connectivity index (χ0) is 18.6. The van der Waals surface area contributed by atoms with Crippen molar-refractivity contribution in [2.24, 2.45) is 0 Å². The summed E-state index contributed by atoms with van der Waals surface area (Å²) in [5.74, 6) is -1.52. The van der Waals surface area contributed by atoms with Crippen LogP contribution in [0.3, 0.4) is 0 Å². The number of benzene rings is 2. The van der Waals surface area contributed by atoms with Gasteiger partial charge in [0.2, 0.25) is 10.0 Å². The van der Waals surface area contributed by atoms with Gasteiger partial charge in [-0.15, -0.1) is 0 Å². The standard InChI is InChI=1S/C17H19ClF2N2O2S/c1-21(2)10-11-22(12-13-6-3-4-8-15(13)19)25(23,24)16-9-5-7-14(18)17(16)20/h3-9H,10-12H2,1-2H3. The molecule has 0 amide bonds. The van der Waals surface area contributed by atoms with Gasteiger partial charge >= 0.3 is 0 Å². The number of hydrogen-bond donors (Lipinski definition) is 0. The first kappa shape index (κ1) is 19.8. The van der Waals surface area contributed by atoms with E-state index in [1.54, 1.807) is 25.1 Å². The molecule has 0 fully saturated rings. The van der Waals surface area contributed by atoms with Gasteiger partial charge in [-0.05, 0) is 32.3 Å². The third-order valence-electron chi connectivity index (χ3n) is 3.64. The third kappa shape index (κ3) is 4.76. The quantitative estimate of drug-likeness (QED) is 0.730. The highest BCUT2D eigenvalue weighted by atomic mass is 35.5. The maximum Gasteiger partial charge on any atom is 0.246 e. The summed E-state index contributed by atoms with van der Waals surface area (Å²) in [6.45, 7) is 0.278. The minimum atomic E-state index is -4.18. The highest BCUT2D eigenvalue weighted by Crippen LogP contribution is 2.26. The molecule has 2 rings (SSSR count). The van der Waals surface area contributed by atoms with Crippen LogP contribution in [-0.2, 0) is 16.6 Å². The monoisotopic (exact) mass is 388 g/mol. The van der Waals surface area contributed by atoms with Crippen LogP contribution in [0.4, 0.5) is 8.78 Å². The number of likely N-dealkylation sites (N-methyl/N-ethyl adjacent to an activating group) is 1. The van der Waals surface area contributed by atoms with Gasteiger partial charge in [-0.1, -0.05) is 35.9 Å². The fourth-order valence-corrected chi connectivity index (χ4v) is 3.96. The lowest BCUT2D eigenvalue weighted by Crippen LogP contribution is -2.36. The van der Waals surface area contributed by atoms with E-state index >= 15 is 0 Å². The van der Waals surface area contributed by atoms with E-state index in [0.29, 0.717) is 6.54 Å². The number of sulfonamides is 1. The molecule has 0 heterocycles. The zero-order valence-corrected chi connectivity index (χ0v) is 15.5. The Kier molecular flexibility index (Phi) is 6.51. The third-order valence-corrected chi connectivity index (χ3v) is 5.79. The maximum atomic E-state index is 14.3. The molecule has 25 heavy (non-hydrogen) atoms. The number of nitrogens with zero attached hydrogens (tertiary/aromatic N) is 2. The van der Waals surface area contributed by atoms with E-state index in [2.05, 4.69) is 0 Å². The van der Waals surface area contributed by atoms with E-state index in [-0.39, 0.29) is 23.7 Å². The van der Waals surface area contributed by atoms with Crippen molar-refractivity contribution in [3.8, 4) is 0 Å². The number of hydrogen-bond acceptors (Lipinski definition) is 3. The molecule has 0 unspecified atom stereocenters. The SMILES string of the molecule is CN(C)CCN(Cc1ccccc1F)S(=O)(=O)c1cccc(Cl)c1F. The predicted octanol–water partition coefficient (Wildman–Crippen LogP) is 3.37. The van der Waals surface area contributed by atoms with Crippen LogP contribution < -0.4 is 0 Å². The second-order valence-corrected chi connectivity index (χ2v) is 8.10. The Morgan fingerprint density at radius 2 is 1.68 bits per heavy atom. The molecule has 2 aromatic carbocycles. The Morgan fingerprint density at radius 1 is 1.00 bits per heavy atom. The first-order valence-corrected chi connectivity index (χ1v) is 9.37. The largest absolute Gasteiger partial charge is 0.308 e. The summed E-state index contributed by atoms with van der Waals surface area (Å²) in [6, 6.07) is 9.69. The molecule has 2 aromatic rings. The fraction of sp³-hybridized carbons (Fsp3) is 0.294. The van der Waals surface area contributed by atoms with Crippen LogP contribution in [0.1, 0.15) is 5.56 Å². The smallest absolute Gasteiger partial charge is 0.246 e. The lowest BCUT2D eigenvalue weighted by Gasteiger charge is -2.24. The average Bonchev–Trinajstić information content (AvgIpc) is 2.55. The normalized spacial score (nSPS) is 12.1. The van der Waals surface area contributed by atoms with Crippen LogP contribution in [0.15, 0.2) is 47.4 Å². The summed E-state index contributed by atoms with van der Waals surface area (Å²) in [5.41, 5.74) is 0.215. The first-order valence-electron chi connectivity index (χ1n) is 7.56. The lowest BCUT2D eigenvalue weighted by molar-refractivity contribution is 0.326. The molecule has 0 aliphatic heterocycles. The molecular formula is C17H19ClF2N2O2S. The van der Waals surface area contributed by atoms with Crippen molar-refractivity contribution < 1.29 is 17.2 Å². The summed E-state index contributed by atoms with van der Waals surface area (Å²) < 4.78 is 55.1. The molecular weight excluding hydrogens is 370 g/mol. The van der Waals surface area contributed by atoms with Crippen LogP contribution in [0.2, 0.25) is 5.02 Å². The molecule has 0 bridgehead atoms. The molecule has 0 saturated carbocycles. The summed E-state index contributed by atoms with van der Waals surface area (Å²) in [7, 11) is -0.613. The molecule has 0 aliphatic rings. The van der Waals surface area contributed by atoms with Gasteiger partial charge in [-0.2, -0.15) is 4.31 Å². The minimum absolute atomic E-state index is 0.0790. The van der Waals surface area contributed by atoms with E-state index in [4.69, 9.17) is 11.6 Å². The van der Waals surface area contributed by atoms with E-state index in [0.717, 1.165) is 10.4 Å². The summed E-state index contributed by atoms with van der Waals surface area (Å²) in [6.07, 6.45) is 0. The molecule has 0 saturated heterocycles. The Labute approximate surface area is 151 Å². The Balaban J connectivity index is 2.43. The van der Waals surface area contributed by atoms with Crippen LogP contribution in [0, 0.1) is 11.6 Å². The summed E-state index contributed by atoms with van der Waals surface area (Å²) in [4.78, 5) is 1.27. The second kappa shape index (κ2) is 8.23. The first-order chi connectivity index (χ1) is 11.7. The highest BCUT2D eigenvalue weighted by molar-refractivity contribution is 7.89. The van der Waals surface area contributed by atoms with Gasteiger partial charge in [0.1, 0.15) is 10.7 Å². The molecule has 0 aliphatic carbocycles. The van der Waals surface area contributed by atoms with Gasteiger partial charge in [0, 0.05) is 25.2 Å². The average molecular weight is 389 g/mol. The summed E-state index contributed by atoms with van der Waals surface area (Å²) in [5, 5.41) is -0.278. The topological polar surface area (TPSA) is 40.6 Å². The number of halogens is 3. The molecule has 0 radical (unpaired) electrons. The van der Waals surface area contributed by atoms with Crippen molar-refractivity contribution in [3.05, 3.63) is 64.7 Å². The lowest BCUT2D eigenvalue weighted by atomic mass is 10.2. The van der Waals surface area contributed by atoms with Crippen molar-refractivity contribution in [3.63, 3.8) is 0 Å². The van der Waals surface area contributed by atoms with Gasteiger partial charge in [0.05, 0.1) is 5.02 Å². The molecule has 0 spiro atoms. The van der Waals surface area contributed by atoms with Gasteiger partial charge in [0.15, 0.2) is 5.82 Å². The molecule has 0 aromatic heterocycles. The molecule has 136 valence electrons. The summed E-state index contributed by atoms with van der Waals surface area (Å²) >= 11 is 5.71.